The summed E-state index contributed by atoms with van der Waals surface area (Å²) in [6.07, 6.45) is 0. The number of aromatic nitrogens is 2. The van der Waals surface area contributed by atoms with Crippen molar-refractivity contribution < 1.29 is 4.74 Å². The molecule has 0 unspecified atom stereocenters. The van der Waals surface area contributed by atoms with Crippen molar-refractivity contribution in [3.05, 3.63) is 75.4 Å². The van der Waals surface area contributed by atoms with Gasteiger partial charge >= 0.3 is 0 Å². The summed E-state index contributed by atoms with van der Waals surface area (Å²) in [4.78, 5) is 18.4. The molecule has 4 rings (SSSR count). The molecule has 28 heavy (non-hydrogen) atoms. The zero-order valence-corrected chi connectivity index (χ0v) is 17.5. The number of ether oxygens (including phenoxy) is 1. The molecule has 4 aromatic rings. The molecule has 0 aliphatic heterocycles. The largest absolute Gasteiger partial charge is 0.493 e. The maximum atomic E-state index is 13.0. The van der Waals surface area contributed by atoms with Gasteiger partial charge in [0.25, 0.3) is 5.56 Å². The fraction of sp³-hybridized carbons (Fsp3) is 0.143. The molecule has 142 valence electrons. The smallest absolute Gasteiger partial charge is 0.263 e. The lowest BCUT2D eigenvalue weighted by atomic mass is 10.1. The zero-order valence-electron chi connectivity index (χ0n) is 15.1. The Labute approximate surface area is 175 Å². The van der Waals surface area contributed by atoms with E-state index in [-0.39, 0.29) is 5.56 Å². The van der Waals surface area contributed by atoms with Gasteiger partial charge in [0, 0.05) is 28.8 Å². The quantitative estimate of drug-likeness (QED) is 0.231. The standard InChI is InChI=1S/C21H17ClN2O2S2/c1-24-20(25)18-17(14-6-3-2-4-7-14)13-28-19(18)23-21(24)27-11-10-26-16-9-5-8-15(22)12-16/h2-9,12-13H,10-11H2,1H3. The molecule has 0 spiro atoms. The summed E-state index contributed by atoms with van der Waals surface area (Å²) < 4.78 is 7.33. The van der Waals surface area contributed by atoms with Crippen molar-refractivity contribution in [3.63, 3.8) is 0 Å². The van der Waals surface area contributed by atoms with E-state index in [1.807, 2.05) is 53.9 Å². The number of rotatable bonds is 6. The minimum atomic E-state index is -0.0247. The fourth-order valence-corrected chi connectivity index (χ4v) is 4.82. The number of halogens is 1. The van der Waals surface area contributed by atoms with Crippen LogP contribution in [0.5, 0.6) is 5.75 Å². The third kappa shape index (κ3) is 3.94. The number of nitrogens with zero attached hydrogens (tertiary/aromatic N) is 2. The van der Waals surface area contributed by atoms with E-state index in [1.54, 1.807) is 17.7 Å². The number of hydrogen-bond acceptors (Lipinski definition) is 5. The first kappa shape index (κ1) is 19.1. The first-order chi connectivity index (χ1) is 13.6. The maximum absolute atomic E-state index is 13.0. The first-order valence-electron chi connectivity index (χ1n) is 8.68. The predicted molar refractivity (Wildman–Crippen MR) is 118 cm³/mol. The highest BCUT2D eigenvalue weighted by Gasteiger charge is 2.15. The van der Waals surface area contributed by atoms with E-state index in [1.165, 1.54) is 23.1 Å². The van der Waals surface area contributed by atoms with Gasteiger partial charge in [0.2, 0.25) is 0 Å². The van der Waals surface area contributed by atoms with Gasteiger partial charge in [-0.05, 0) is 23.8 Å². The Bertz CT molecular complexity index is 1170. The molecule has 2 heterocycles. The van der Waals surface area contributed by atoms with E-state index in [4.69, 9.17) is 21.3 Å². The Hall–Kier alpha value is -2.28. The molecule has 2 aromatic heterocycles. The number of fused-ring (bicyclic) bond motifs is 1. The monoisotopic (exact) mass is 428 g/mol. The molecular weight excluding hydrogens is 412 g/mol. The number of thiophene rings is 1. The maximum Gasteiger partial charge on any atom is 0.263 e. The summed E-state index contributed by atoms with van der Waals surface area (Å²) in [6, 6.07) is 17.2. The molecule has 0 N–H and O–H groups in total. The topological polar surface area (TPSA) is 44.1 Å². The van der Waals surface area contributed by atoms with Crippen LogP contribution in [0, 0.1) is 0 Å². The van der Waals surface area contributed by atoms with Crippen molar-refractivity contribution in [2.75, 3.05) is 12.4 Å². The van der Waals surface area contributed by atoms with Gasteiger partial charge in [0.15, 0.2) is 5.16 Å². The molecule has 0 atom stereocenters. The molecule has 0 aliphatic rings. The van der Waals surface area contributed by atoms with Gasteiger partial charge in [-0.2, -0.15) is 0 Å². The second-order valence-electron chi connectivity index (χ2n) is 6.11. The summed E-state index contributed by atoms with van der Waals surface area (Å²) in [6.45, 7) is 0.499. The Kier molecular flexibility index (Phi) is 5.71. The molecule has 0 amide bonds. The van der Waals surface area contributed by atoms with Crippen LogP contribution in [0.25, 0.3) is 21.3 Å². The van der Waals surface area contributed by atoms with Crippen LogP contribution < -0.4 is 10.3 Å². The molecule has 7 heteroatoms. The summed E-state index contributed by atoms with van der Waals surface area (Å²) in [5.41, 5.74) is 1.95. The van der Waals surface area contributed by atoms with Gasteiger partial charge in [0.1, 0.15) is 10.6 Å². The van der Waals surface area contributed by atoms with Crippen LogP contribution in [-0.2, 0) is 7.05 Å². The Balaban J connectivity index is 1.52. The summed E-state index contributed by atoms with van der Waals surface area (Å²) in [5, 5.41) is 4.02. The molecular formula is C21H17ClN2O2S2. The fourth-order valence-electron chi connectivity index (χ4n) is 2.86. The van der Waals surface area contributed by atoms with E-state index >= 15 is 0 Å². The lowest BCUT2D eigenvalue weighted by Gasteiger charge is -2.09. The van der Waals surface area contributed by atoms with Crippen molar-refractivity contribution in [2.45, 2.75) is 5.16 Å². The third-order valence-electron chi connectivity index (χ3n) is 4.24. The summed E-state index contributed by atoms with van der Waals surface area (Å²) >= 11 is 8.97. The van der Waals surface area contributed by atoms with Crippen molar-refractivity contribution in [2.24, 2.45) is 7.05 Å². The van der Waals surface area contributed by atoms with Gasteiger partial charge in [-0.15, -0.1) is 11.3 Å². The second-order valence-corrected chi connectivity index (χ2v) is 8.47. The Morgan fingerprint density at radius 3 is 2.79 bits per heavy atom. The molecule has 2 aromatic carbocycles. The lowest BCUT2D eigenvalue weighted by Crippen LogP contribution is -2.20. The lowest BCUT2D eigenvalue weighted by molar-refractivity contribution is 0.344. The van der Waals surface area contributed by atoms with Crippen molar-refractivity contribution >= 4 is 44.9 Å². The molecule has 0 saturated carbocycles. The van der Waals surface area contributed by atoms with Gasteiger partial charge in [-0.25, -0.2) is 4.98 Å². The molecule has 0 bridgehead atoms. The SMILES string of the molecule is Cn1c(SCCOc2cccc(Cl)c2)nc2scc(-c3ccccc3)c2c1=O. The molecule has 0 saturated heterocycles. The minimum Gasteiger partial charge on any atom is -0.493 e. The van der Waals surface area contributed by atoms with Gasteiger partial charge in [-0.1, -0.05) is 59.8 Å². The molecule has 0 fully saturated rings. The highest BCUT2D eigenvalue weighted by molar-refractivity contribution is 7.99. The van der Waals surface area contributed by atoms with E-state index in [9.17, 15) is 4.79 Å². The van der Waals surface area contributed by atoms with Gasteiger partial charge in [0.05, 0.1) is 12.0 Å². The first-order valence-corrected chi connectivity index (χ1v) is 10.9. The molecule has 0 radical (unpaired) electrons. The van der Waals surface area contributed by atoms with Gasteiger partial charge < -0.3 is 4.74 Å². The normalized spacial score (nSPS) is 11.1. The van der Waals surface area contributed by atoms with E-state index in [0.717, 1.165) is 21.7 Å². The number of thioether (sulfide) groups is 1. The molecule has 0 aliphatic carbocycles. The summed E-state index contributed by atoms with van der Waals surface area (Å²) in [7, 11) is 1.77. The van der Waals surface area contributed by atoms with E-state index in [0.29, 0.717) is 27.9 Å². The van der Waals surface area contributed by atoms with Crippen LogP contribution in [0.2, 0.25) is 5.02 Å². The third-order valence-corrected chi connectivity index (χ3v) is 6.34. The van der Waals surface area contributed by atoms with Crippen LogP contribution >= 0.6 is 34.7 Å². The van der Waals surface area contributed by atoms with Crippen LogP contribution in [0.1, 0.15) is 0 Å². The number of benzene rings is 2. The highest BCUT2D eigenvalue weighted by atomic mass is 35.5. The van der Waals surface area contributed by atoms with Crippen LogP contribution in [0.4, 0.5) is 0 Å². The average Bonchev–Trinajstić information content (AvgIpc) is 3.13. The number of hydrogen-bond donors (Lipinski definition) is 0. The van der Waals surface area contributed by atoms with Gasteiger partial charge in [-0.3, -0.25) is 9.36 Å². The van der Waals surface area contributed by atoms with Crippen LogP contribution in [-0.4, -0.2) is 21.9 Å². The predicted octanol–water partition coefficient (Wildman–Crippen LogP) is 5.49. The van der Waals surface area contributed by atoms with Crippen LogP contribution in [0.3, 0.4) is 0 Å². The molecule has 4 nitrogen and oxygen atoms in total. The van der Waals surface area contributed by atoms with E-state index < -0.39 is 0 Å². The van der Waals surface area contributed by atoms with Crippen LogP contribution in [0.15, 0.2) is 69.9 Å². The Morgan fingerprint density at radius 2 is 2.00 bits per heavy atom. The average molecular weight is 429 g/mol. The van der Waals surface area contributed by atoms with E-state index in [2.05, 4.69) is 0 Å². The van der Waals surface area contributed by atoms with Crippen molar-refractivity contribution in [1.82, 2.24) is 9.55 Å². The Morgan fingerprint density at radius 1 is 1.18 bits per heavy atom. The highest BCUT2D eigenvalue weighted by Crippen LogP contribution is 2.31. The zero-order chi connectivity index (χ0) is 19.5. The summed E-state index contributed by atoms with van der Waals surface area (Å²) in [5.74, 6) is 1.41. The van der Waals surface area contributed by atoms with Crippen molar-refractivity contribution in [1.29, 1.82) is 0 Å². The van der Waals surface area contributed by atoms with Crippen molar-refractivity contribution in [3.8, 4) is 16.9 Å². The second kappa shape index (κ2) is 8.39. The minimum absolute atomic E-state index is 0.0247.